The normalized spacial score (nSPS) is 10.5. The minimum Gasteiger partial charge on any atom is -0.485 e. The van der Waals surface area contributed by atoms with Gasteiger partial charge in [-0.1, -0.05) is 6.07 Å². The lowest BCUT2D eigenvalue weighted by Crippen LogP contribution is -2.11. The first-order valence-corrected chi connectivity index (χ1v) is 8.04. The van der Waals surface area contributed by atoms with Gasteiger partial charge in [0.2, 0.25) is 0 Å². The molecule has 2 rings (SSSR count). The number of rotatable bonds is 7. The molecule has 24 heavy (non-hydrogen) atoms. The van der Waals surface area contributed by atoms with Gasteiger partial charge in [0, 0.05) is 11.6 Å². The topological polar surface area (TPSA) is 107 Å². The van der Waals surface area contributed by atoms with Gasteiger partial charge in [-0.05, 0) is 36.4 Å². The van der Waals surface area contributed by atoms with Crippen LogP contribution in [0.1, 0.15) is 10.4 Å². The molecule has 0 fully saturated rings. The van der Waals surface area contributed by atoms with Crippen molar-refractivity contribution in [2.45, 2.75) is 4.90 Å². The first-order chi connectivity index (χ1) is 11.4. The molecular weight excluding hydrogens is 336 g/mol. The number of Topliss-reactive ketones (excluding diaryl/α,β-unsaturated/α-hetero) is 1. The number of carbonyl (C=O) groups is 1. The van der Waals surface area contributed by atoms with E-state index in [-0.39, 0.29) is 22.8 Å². The molecule has 8 heteroatoms. The second kappa shape index (κ2) is 7.56. The number of ketones is 1. The number of carbonyl (C=O) groups excluding carboxylic acids is 2. The maximum Gasteiger partial charge on any atom is 0.294 e. The molecule has 0 saturated carbocycles. The van der Waals surface area contributed by atoms with Gasteiger partial charge in [0.1, 0.15) is 11.5 Å². The summed E-state index contributed by atoms with van der Waals surface area (Å²) in [6, 6.07) is 11.1. The zero-order valence-electron chi connectivity index (χ0n) is 12.2. The van der Waals surface area contributed by atoms with Crippen LogP contribution in [0.25, 0.3) is 0 Å². The molecule has 0 aliphatic rings. The quantitative estimate of drug-likeness (QED) is 0.352. The van der Waals surface area contributed by atoms with Crippen molar-refractivity contribution in [3.8, 4) is 11.5 Å². The molecule has 0 aliphatic heterocycles. The van der Waals surface area contributed by atoms with E-state index in [1.165, 1.54) is 24.1 Å². The molecule has 0 saturated heterocycles. The molecule has 0 heterocycles. The molecule has 124 valence electrons. The van der Waals surface area contributed by atoms with E-state index < -0.39 is 10.1 Å². The van der Waals surface area contributed by atoms with Crippen LogP contribution in [0.2, 0.25) is 0 Å². The van der Waals surface area contributed by atoms with Crippen LogP contribution < -0.4 is 9.47 Å². The van der Waals surface area contributed by atoms with Gasteiger partial charge < -0.3 is 9.47 Å². The Morgan fingerprint density at radius 3 is 2.42 bits per heavy atom. The Bertz CT molecular complexity index is 879. The minimum atomic E-state index is -4.30. The Morgan fingerprint density at radius 2 is 1.79 bits per heavy atom. The lowest BCUT2D eigenvalue weighted by molar-refractivity contribution is 0.0921. The third-order valence-electron chi connectivity index (χ3n) is 2.89. The first kappa shape index (κ1) is 17.4. The van der Waals surface area contributed by atoms with Crippen molar-refractivity contribution in [3.63, 3.8) is 0 Å². The molecule has 0 spiro atoms. The molecule has 0 aliphatic carbocycles. The van der Waals surface area contributed by atoms with E-state index in [0.717, 1.165) is 18.4 Å². The Hall–Kier alpha value is -2.93. The highest BCUT2D eigenvalue weighted by Gasteiger charge is 2.12. The second-order valence-corrected chi connectivity index (χ2v) is 5.96. The molecule has 0 aromatic heterocycles. The zero-order chi connectivity index (χ0) is 17.6. The van der Waals surface area contributed by atoms with Gasteiger partial charge in [-0.15, -0.1) is 0 Å². The van der Waals surface area contributed by atoms with E-state index in [1.54, 1.807) is 18.2 Å². The summed E-state index contributed by atoms with van der Waals surface area (Å²) in [6.07, 6.45) is 0.848. The van der Waals surface area contributed by atoms with Crippen LogP contribution in [0.3, 0.4) is 0 Å². The van der Waals surface area contributed by atoms with E-state index in [1.807, 2.05) is 0 Å². The Kier molecular flexibility index (Phi) is 5.49. The predicted octanol–water partition coefficient (Wildman–Crippen LogP) is 1.92. The second-order valence-electron chi connectivity index (χ2n) is 4.54. The average Bonchev–Trinajstić information content (AvgIpc) is 2.57. The van der Waals surface area contributed by atoms with Gasteiger partial charge in [-0.3, -0.25) is 9.35 Å². The summed E-state index contributed by atoms with van der Waals surface area (Å²) in [6.45, 7) is -0.280. The van der Waals surface area contributed by atoms with Crippen molar-refractivity contribution in [2.75, 3.05) is 6.61 Å². The van der Waals surface area contributed by atoms with Gasteiger partial charge in [0.25, 0.3) is 10.1 Å². The molecule has 0 atom stereocenters. The van der Waals surface area contributed by atoms with Crippen molar-refractivity contribution >= 4 is 21.8 Å². The number of hydrogen-bond donors (Lipinski definition) is 1. The zero-order valence-corrected chi connectivity index (χ0v) is 13.0. The highest BCUT2D eigenvalue weighted by molar-refractivity contribution is 7.85. The van der Waals surface area contributed by atoms with E-state index in [9.17, 15) is 18.0 Å². The summed E-state index contributed by atoms with van der Waals surface area (Å²) in [5.74, 6) is 1.80. The van der Waals surface area contributed by atoms with Crippen LogP contribution in [-0.2, 0) is 14.9 Å². The summed E-state index contributed by atoms with van der Waals surface area (Å²) in [7, 11) is -4.30. The SMILES string of the molecule is O=C=COc1cccc(OCC(=O)c2ccc(S(=O)(=O)O)cc2)c1. The van der Waals surface area contributed by atoms with E-state index >= 15 is 0 Å². The lowest BCUT2D eigenvalue weighted by Gasteiger charge is -2.07. The Morgan fingerprint density at radius 1 is 1.12 bits per heavy atom. The van der Waals surface area contributed by atoms with E-state index in [0.29, 0.717) is 11.5 Å². The van der Waals surface area contributed by atoms with E-state index in [2.05, 4.69) is 0 Å². The fourth-order valence-corrected chi connectivity index (χ4v) is 2.25. The van der Waals surface area contributed by atoms with Gasteiger partial charge >= 0.3 is 0 Å². The predicted molar refractivity (Wildman–Crippen MR) is 83.4 cm³/mol. The van der Waals surface area contributed by atoms with Crippen molar-refractivity contribution in [1.29, 1.82) is 0 Å². The molecule has 1 N–H and O–H groups in total. The molecule has 2 aromatic carbocycles. The average molecular weight is 348 g/mol. The first-order valence-electron chi connectivity index (χ1n) is 6.60. The highest BCUT2D eigenvalue weighted by Crippen LogP contribution is 2.20. The van der Waals surface area contributed by atoms with Crippen molar-refractivity contribution in [1.82, 2.24) is 0 Å². The van der Waals surface area contributed by atoms with Crippen LogP contribution >= 0.6 is 0 Å². The number of ether oxygens (including phenoxy) is 2. The molecule has 2 aromatic rings. The van der Waals surface area contributed by atoms with Crippen LogP contribution in [0.5, 0.6) is 11.5 Å². The highest BCUT2D eigenvalue weighted by atomic mass is 32.2. The van der Waals surface area contributed by atoms with Gasteiger partial charge in [0.15, 0.2) is 24.6 Å². The van der Waals surface area contributed by atoms with Crippen LogP contribution in [0.4, 0.5) is 0 Å². The summed E-state index contributed by atoms with van der Waals surface area (Å²) < 4.78 is 41.0. The molecule has 0 radical (unpaired) electrons. The monoisotopic (exact) mass is 348 g/mol. The molecule has 0 unspecified atom stereocenters. The summed E-state index contributed by atoms with van der Waals surface area (Å²) in [5, 5.41) is 0. The van der Waals surface area contributed by atoms with Gasteiger partial charge in [-0.25, -0.2) is 4.79 Å². The number of benzene rings is 2. The van der Waals surface area contributed by atoms with Crippen molar-refractivity contribution in [2.24, 2.45) is 0 Å². The van der Waals surface area contributed by atoms with Crippen LogP contribution in [0, 0.1) is 0 Å². The number of hydrogen-bond acceptors (Lipinski definition) is 6. The minimum absolute atomic E-state index is 0.235. The third kappa shape index (κ3) is 4.79. The van der Waals surface area contributed by atoms with E-state index in [4.69, 9.17) is 14.0 Å². The van der Waals surface area contributed by atoms with Gasteiger partial charge in [-0.2, -0.15) is 8.42 Å². The summed E-state index contributed by atoms with van der Waals surface area (Å²) in [5.41, 5.74) is 0.235. The smallest absolute Gasteiger partial charge is 0.294 e. The van der Waals surface area contributed by atoms with Gasteiger partial charge in [0.05, 0.1) is 4.90 Å². The van der Waals surface area contributed by atoms with Crippen molar-refractivity contribution in [3.05, 3.63) is 60.4 Å². The standard InChI is InChI=1S/C16H12O7S/c17-8-9-22-13-2-1-3-14(10-13)23-11-16(18)12-4-6-15(7-5-12)24(19,20)21/h1-7,9-10H,11H2,(H,19,20,21). The maximum absolute atomic E-state index is 12.0. The Balaban J connectivity index is 2.01. The van der Waals surface area contributed by atoms with Crippen LogP contribution in [-0.4, -0.2) is 31.3 Å². The largest absolute Gasteiger partial charge is 0.485 e. The van der Waals surface area contributed by atoms with Crippen molar-refractivity contribution < 1.29 is 32.0 Å². The molecule has 0 amide bonds. The molecule has 7 nitrogen and oxygen atoms in total. The Labute approximate surface area is 137 Å². The lowest BCUT2D eigenvalue weighted by atomic mass is 10.1. The summed E-state index contributed by atoms with van der Waals surface area (Å²) in [4.78, 5) is 21.8. The fourth-order valence-electron chi connectivity index (χ4n) is 1.77. The maximum atomic E-state index is 12.0. The molecule has 0 bridgehead atoms. The van der Waals surface area contributed by atoms with Crippen LogP contribution in [0.15, 0.2) is 59.7 Å². The molecular formula is C16H12O7S. The fraction of sp³-hybridized carbons (Fsp3) is 0.0625. The summed E-state index contributed by atoms with van der Waals surface area (Å²) >= 11 is 0. The third-order valence-corrected chi connectivity index (χ3v) is 3.76.